The van der Waals surface area contributed by atoms with Crippen molar-refractivity contribution >= 4 is 5.97 Å². The number of esters is 1. The molecule has 2 atom stereocenters. The molecule has 4 N–H and O–H groups in total. The molecule has 2 unspecified atom stereocenters. The van der Waals surface area contributed by atoms with Crippen LogP contribution in [0.25, 0.3) is 0 Å². The Morgan fingerprint density at radius 1 is 1.16 bits per heavy atom. The fraction of sp³-hybridized carbons (Fsp3) is 0.476. The van der Waals surface area contributed by atoms with Gasteiger partial charge in [-0.3, -0.25) is 0 Å². The largest absolute Gasteiger partial charge is 0.462 e. The number of allylic oxidation sites excluding steroid dienone is 2. The summed E-state index contributed by atoms with van der Waals surface area (Å²) < 4.78 is 4.79. The van der Waals surface area contributed by atoms with Gasteiger partial charge in [0, 0.05) is 12.0 Å². The van der Waals surface area contributed by atoms with Crippen molar-refractivity contribution in [3.05, 3.63) is 60.2 Å². The summed E-state index contributed by atoms with van der Waals surface area (Å²) in [5, 5.41) is 0. The van der Waals surface area contributed by atoms with Gasteiger partial charge in [-0.25, -0.2) is 4.79 Å². The van der Waals surface area contributed by atoms with E-state index in [1.54, 1.807) is 19.1 Å². The Morgan fingerprint density at radius 2 is 1.88 bits per heavy atom. The van der Waals surface area contributed by atoms with Gasteiger partial charge in [-0.1, -0.05) is 62.3 Å². The van der Waals surface area contributed by atoms with Crippen LogP contribution in [0.1, 0.15) is 43.5 Å². The molecular formula is C21H32N2O2. The van der Waals surface area contributed by atoms with Gasteiger partial charge in [0.1, 0.15) is 0 Å². The Labute approximate surface area is 151 Å². The molecule has 0 fully saturated rings. The molecule has 0 aliphatic heterocycles. The van der Waals surface area contributed by atoms with Gasteiger partial charge in [0.25, 0.3) is 0 Å². The van der Waals surface area contributed by atoms with E-state index in [4.69, 9.17) is 16.2 Å². The smallest absolute Gasteiger partial charge is 0.338 e. The van der Waals surface area contributed by atoms with Gasteiger partial charge >= 0.3 is 5.97 Å². The van der Waals surface area contributed by atoms with Crippen molar-refractivity contribution in [2.75, 3.05) is 19.7 Å². The Bertz CT molecular complexity index is 554. The highest BCUT2D eigenvalue weighted by atomic mass is 16.5. The molecule has 0 heterocycles. The lowest BCUT2D eigenvalue weighted by atomic mass is 9.69. The number of carbonyl (C=O) groups is 1. The van der Waals surface area contributed by atoms with Crippen LogP contribution >= 0.6 is 0 Å². The lowest BCUT2D eigenvalue weighted by molar-refractivity contribution is 0.0526. The number of rotatable bonds is 7. The Hall–Kier alpha value is -1.91. The predicted molar refractivity (Wildman–Crippen MR) is 104 cm³/mol. The molecule has 0 spiro atoms. The monoisotopic (exact) mass is 344 g/mol. The molecule has 0 amide bonds. The van der Waals surface area contributed by atoms with Crippen molar-refractivity contribution < 1.29 is 9.53 Å². The molecule has 0 bridgehead atoms. The van der Waals surface area contributed by atoms with Crippen LogP contribution in [0.2, 0.25) is 0 Å². The summed E-state index contributed by atoms with van der Waals surface area (Å²) in [5.41, 5.74) is 12.4. The highest BCUT2D eigenvalue weighted by Crippen LogP contribution is 2.36. The van der Waals surface area contributed by atoms with Crippen LogP contribution in [0.15, 0.2) is 54.6 Å². The Balaban J connectivity index is 0.000000257. The minimum atomic E-state index is -0.256. The molecule has 0 radical (unpaired) electrons. The lowest BCUT2D eigenvalue weighted by Crippen LogP contribution is -2.40. The van der Waals surface area contributed by atoms with E-state index in [2.05, 4.69) is 31.2 Å². The van der Waals surface area contributed by atoms with Gasteiger partial charge in [-0.15, -0.1) is 0 Å². The number of hydrogen-bond donors (Lipinski definition) is 2. The average Bonchev–Trinajstić information content (AvgIpc) is 2.68. The average molecular weight is 344 g/mol. The van der Waals surface area contributed by atoms with Crippen LogP contribution < -0.4 is 11.5 Å². The minimum Gasteiger partial charge on any atom is -0.462 e. The van der Waals surface area contributed by atoms with Crippen molar-refractivity contribution in [2.45, 2.75) is 33.1 Å². The van der Waals surface area contributed by atoms with Crippen LogP contribution in [0.3, 0.4) is 0 Å². The van der Waals surface area contributed by atoms with Gasteiger partial charge in [-0.05, 0) is 37.9 Å². The second-order valence-electron chi connectivity index (χ2n) is 6.21. The van der Waals surface area contributed by atoms with E-state index in [1.165, 1.54) is 12.8 Å². The van der Waals surface area contributed by atoms with Crippen LogP contribution in [0.5, 0.6) is 0 Å². The van der Waals surface area contributed by atoms with Crippen molar-refractivity contribution in [1.82, 2.24) is 0 Å². The highest BCUT2D eigenvalue weighted by Gasteiger charge is 2.33. The second kappa shape index (κ2) is 11.6. The molecule has 2 rings (SSSR count). The summed E-state index contributed by atoms with van der Waals surface area (Å²) in [6.45, 7) is 5.83. The quantitative estimate of drug-likeness (QED) is 0.740. The minimum absolute atomic E-state index is 0.125. The van der Waals surface area contributed by atoms with Crippen molar-refractivity contribution in [3.63, 3.8) is 0 Å². The maximum absolute atomic E-state index is 11.0. The standard InChI is InChI=1S/C12H22N2.C9H10O2/c1-2-3-7-12(10-14)8-5-4-6-11(12)9-13;1-2-11-9(10)8-6-4-3-5-7-8/h4-6,8,11H,2-3,7,9-10,13-14H2,1H3;3-7H,2H2,1H3. The van der Waals surface area contributed by atoms with E-state index in [0.717, 1.165) is 6.42 Å². The molecule has 0 aromatic heterocycles. The predicted octanol–water partition coefficient (Wildman–Crippen LogP) is 3.69. The van der Waals surface area contributed by atoms with E-state index in [-0.39, 0.29) is 11.4 Å². The maximum atomic E-state index is 11.0. The van der Waals surface area contributed by atoms with Gasteiger partial charge in [-0.2, -0.15) is 0 Å². The molecule has 1 aliphatic carbocycles. The summed E-state index contributed by atoms with van der Waals surface area (Å²) >= 11 is 0. The topological polar surface area (TPSA) is 78.3 Å². The first kappa shape index (κ1) is 21.1. The molecule has 1 aromatic rings. The Kier molecular flexibility index (Phi) is 9.81. The number of carbonyl (C=O) groups excluding carboxylic acids is 1. The first-order valence-electron chi connectivity index (χ1n) is 9.11. The zero-order chi connectivity index (χ0) is 18.5. The normalized spacial score (nSPS) is 21.4. The molecule has 0 saturated carbocycles. The van der Waals surface area contributed by atoms with Gasteiger partial charge in [0.2, 0.25) is 0 Å². The van der Waals surface area contributed by atoms with E-state index in [0.29, 0.717) is 31.2 Å². The van der Waals surface area contributed by atoms with Crippen molar-refractivity contribution in [1.29, 1.82) is 0 Å². The summed E-state index contributed by atoms with van der Waals surface area (Å²) in [5.74, 6) is 0.164. The summed E-state index contributed by atoms with van der Waals surface area (Å²) in [6.07, 6.45) is 12.2. The molecule has 138 valence electrons. The van der Waals surface area contributed by atoms with E-state index >= 15 is 0 Å². The molecular weight excluding hydrogens is 312 g/mol. The fourth-order valence-corrected chi connectivity index (χ4v) is 2.96. The Morgan fingerprint density at radius 3 is 2.44 bits per heavy atom. The summed E-state index contributed by atoms with van der Waals surface area (Å²) in [4.78, 5) is 11.0. The molecule has 0 saturated heterocycles. The third-order valence-electron chi connectivity index (χ3n) is 4.54. The molecule has 4 nitrogen and oxygen atoms in total. The third-order valence-corrected chi connectivity index (χ3v) is 4.54. The van der Waals surface area contributed by atoms with E-state index in [9.17, 15) is 4.79 Å². The van der Waals surface area contributed by atoms with Crippen LogP contribution in [-0.2, 0) is 4.74 Å². The van der Waals surface area contributed by atoms with Crippen LogP contribution in [0, 0.1) is 11.3 Å². The van der Waals surface area contributed by atoms with E-state index in [1.807, 2.05) is 18.2 Å². The first-order valence-corrected chi connectivity index (χ1v) is 9.11. The van der Waals surface area contributed by atoms with Crippen LogP contribution in [-0.4, -0.2) is 25.7 Å². The van der Waals surface area contributed by atoms with Gasteiger partial charge in [0.15, 0.2) is 0 Å². The number of unbranched alkanes of at least 4 members (excludes halogenated alkanes) is 1. The number of ether oxygens (including phenoxy) is 1. The zero-order valence-corrected chi connectivity index (χ0v) is 15.5. The maximum Gasteiger partial charge on any atom is 0.338 e. The molecule has 25 heavy (non-hydrogen) atoms. The van der Waals surface area contributed by atoms with Gasteiger partial charge in [0.05, 0.1) is 12.2 Å². The molecule has 1 aromatic carbocycles. The summed E-state index contributed by atoms with van der Waals surface area (Å²) in [6, 6.07) is 8.96. The molecule has 4 heteroatoms. The number of benzene rings is 1. The van der Waals surface area contributed by atoms with Crippen molar-refractivity contribution in [3.8, 4) is 0 Å². The number of nitrogens with two attached hydrogens (primary N) is 2. The lowest BCUT2D eigenvalue weighted by Gasteiger charge is -2.37. The third kappa shape index (κ3) is 6.48. The zero-order valence-electron chi connectivity index (χ0n) is 15.5. The highest BCUT2D eigenvalue weighted by molar-refractivity contribution is 5.89. The fourth-order valence-electron chi connectivity index (χ4n) is 2.96. The van der Waals surface area contributed by atoms with E-state index < -0.39 is 0 Å². The summed E-state index contributed by atoms with van der Waals surface area (Å²) in [7, 11) is 0. The van der Waals surface area contributed by atoms with Crippen LogP contribution in [0.4, 0.5) is 0 Å². The second-order valence-corrected chi connectivity index (χ2v) is 6.21. The first-order chi connectivity index (χ1) is 12.1. The number of hydrogen-bond acceptors (Lipinski definition) is 4. The van der Waals surface area contributed by atoms with Crippen molar-refractivity contribution in [2.24, 2.45) is 22.8 Å². The van der Waals surface area contributed by atoms with Gasteiger partial charge < -0.3 is 16.2 Å². The SMILES string of the molecule is CCCCC1(CN)C=CC=CC1CN.CCOC(=O)c1ccccc1. The molecule has 1 aliphatic rings.